The summed E-state index contributed by atoms with van der Waals surface area (Å²) in [7, 11) is 0. The third-order valence-corrected chi connectivity index (χ3v) is 5.49. The summed E-state index contributed by atoms with van der Waals surface area (Å²) in [6.45, 7) is 11.4. The topological polar surface area (TPSA) is 94.0 Å². The van der Waals surface area contributed by atoms with Crippen LogP contribution in [0, 0.1) is 5.92 Å². The van der Waals surface area contributed by atoms with Gasteiger partial charge in [0, 0.05) is 25.6 Å². The van der Waals surface area contributed by atoms with Crippen LogP contribution in [0.5, 0.6) is 0 Å². The van der Waals surface area contributed by atoms with Crippen molar-refractivity contribution >= 4 is 34.5 Å². The van der Waals surface area contributed by atoms with Crippen LogP contribution in [-0.4, -0.2) is 57.7 Å². The fraction of sp³-hybridized carbons (Fsp3) is 0.714. The van der Waals surface area contributed by atoms with Gasteiger partial charge < -0.3 is 15.4 Å². The number of ether oxygens (including phenoxy) is 1. The SMILES string of the molecule is CCCC(CCC)C(=O)NCCn1ncc2c(NCCOCC)nc(SCC)nc21. The number of nitrogens with one attached hydrogen (secondary N) is 2. The molecule has 0 aliphatic rings. The maximum absolute atomic E-state index is 12.5. The minimum absolute atomic E-state index is 0.102. The van der Waals surface area contributed by atoms with Gasteiger partial charge >= 0.3 is 0 Å². The average Bonchev–Trinajstić information content (AvgIpc) is 3.14. The van der Waals surface area contributed by atoms with Crippen molar-refractivity contribution in [2.24, 2.45) is 5.92 Å². The molecule has 8 nitrogen and oxygen atoms in total. The summed E-state index contributed by atoms with van der Waals surface area (Å²) in [5.41, 5.74) is 0.785. The van der Waals surface area contributed by atoms with Crippen molar-refractivity contribution in [3.8, 4) is 0 Å². The molecule has 2 aromatic rings. The third kappa shape index (κ3) is 7.12. The van der Waals surface area contributed by atoms with Crippen LogP contribution in [0.3, 0.4) is 0 Å². The molecule has 0 aliphatic heterocycles. The van der Waals surface area contributed by atoms with E-state index in [0.29, 0.717) is 32.8 Å². The van der Waals surface area contributed by atoms with Crippen LogP contribution in [0.15, 0.2) is 11.4 Å². The zero-order valence-corrected chi connectivity index (χ0v) is 19.6. The smallest absolute Gasteiger partial charge is 0.223 e. The first-order valence-electron chi connectivity index (χ1n) is 11.1. The predicted octanol–water partition coefficient (Wildman–Crippen LogP) is 3.72. The van der Waals surface area contributed by atoms with Gasteiger partial charge in [0.05, 0.1) is 24.7 Å². The Balaban J connectivity index is 2.08. The molecule has 0 spiro atoms. The molecule has 2 heterocycles. The number of thioether (sulfide) groups is 1. The van der Waals surface area contributed by atoms with E-state index in [1.54, 1.807) is 18.0 Å². The Morgan fingerprint density at radius 3 is 2.60 bits per heavy atom. The fourth-order valence-corrected chi connectivity index (χ4v) is 3.91. The first-order valence-corrected chi connectivity index (χ1v) is 12.1. The monoisotopic (exact) mass is 436 g/mol. The molecule has 2 rings (SSSR count). The number of anilines is 1. The minimum atomic E-state index is 0.102. The van der Waals surface area contributed by atoms with Gasteiger partial charge in [-0.2, -0.15) is 5.10 Å². The van der Waals surface area contributed by atoms with Crippen LogP contribution in [0.4, 0.5) is 5.82 Å². The van der Waals surface area contributed by atoms with E-state index < -0.39 is 0 Å². The Hall–Kier alpha value is -1.87. The van der Waals surface area contributed by atoms with E-state index in [2.05, 4.69) is 41.5 Å². The summed E-state index contributed by atoms with van der Waals surface area (Å²) < 4.78 is 7.25. The van der Waals surface area contributed by atoms with Crippen LogP contribution in [0.2, 0.25) is 0 Å². The number of carbonyl (C=O) groups excluding carboxylic acids is 1. The Morgan fingerprint density at radius 2 is 1.93 bits per heavy atom. The van der Waals surface area contributed by atoms with Crippen molar-refractivity contribution in [2.75, 3.05) is 37.4 Å². The Bertz CT molecular complexity index is 776. The zero-order valence-electron chi connectivity index (χ0n) is 18.7. The van der Waals surface area contributed by atoms with Crippen LogP contribution in [0.25, 0.3) is 11.0 Å². The normalized spacial score (nSPS) is 11.4. The van der Waals surface area contributed by atoms with Gasteiger partial charge in [0.15, 0.2) is 10.8 Å². The summed E-state index contributed by atoms with van der Waals surface area (Å²) in [6, 6.07) is 0. The van der Waals surface area contributed by atoms with E-state index in [1.807, 2.05) is 11.6 Å². The van der Waals surface area contributed by atoms with Crippen LogP contribution in [-0.2, 0) is 16.1 Å². The highest BCUT2D eigenvalue weighted by molar-refractivity contribution is 7.99. The highest BCUT2D eigenvalue weighted by atomic mass is 32.2. The first-order chi connectivity index (χ1) is 14.6. The molecule has 0 unspecified atom stereocenters. The second kappa shape index (κ2) is 13.4. The van der Waals surface area contributed by atoms with E-state index >= 15 is 0 Å². The molecular formula is C21H36N6O2S. The molecule has 168 valence electrons. The van der Waals surface area contributed by atoms with Crippen molar-refractivity contribution in [3.05, 3.63) is 6.20 Å². The van der Waals surface area contributed by atoms with E-state index in [4.69, 9.17) is 9.72 Å². The lowest BCUT2D eigenvalue weighted by Gasteiger charge is -2.15. The predicted molar refractivity (Wildman–Crippen MR) is 123 cm³/mol. The molecule has 30 heavy (non-hydrogen) atoms. The summed E-state index contributed by atoms with van der Waals surface area (Å²) >= 11 is 1.60. The lowest BCUT2D eigenvalue weighted by molar-refractivity contribution is -0.125. The molecule has 0 fully saturated rings. The largest absolute Gasteiger partial charge is 0.380 e. The molecule has 0 radical (unpaired) electrons. The zero-order chi connectivity index (χ0) is 21.8. The number of carbonyl (C=O) groups is 1. The van der Waals surface area contributed by atoms with Crippen molar-refractivity contribution in [3.63, 3.8) is 0 Å². The quantitative estimate of drug-likeness (QED) is 0.250. The Labute approximate surface area is 183 Å². The number of fused-ring (bicyclic) bond motifs is 1. The lowest BCUT2D eigenvalue weighted by Crippen LogP contribution is -2.33. The molecule has 1 amide bonds. The molecule has 9 heteroatoms. The standard InChI is InChI=1S/C21H36N6O2S/c1-5-9-16(10-6-2)20(28)23-11-13-27-19-17(15-24-27)18(22-12-14-29-7-3)25-21(26-19)30-8-4/h15-16H,5-14H2,1-4H3,(H,23,28)(H,22,25,26). The second-order valence-corrected chi connectivity index (χ2v) is 8.31. The van der Waals surface area contributed by atoms with Crippen molar-refractivity contribution in [2.45, 2.75) is 65.1 Å². The summed E-state index contributed by atoms with van der Waals surface area (Å²) in [5, 5.41) is 12.5. The van der Waals surface area contributed by atoms with E-state index in [0.717, 1.165) is 53.4 Å². The number of aromatic nitrogens is 4. The van der Waals surface area contributed by atoms with E-state index in [1.165, 1.54) is 0 Å². The van der Waals surface area contributed by atoms with Crippen molar-refractivity contribution in [1.82, 2.24) is 25.1 Å². The number of hydrogen-bond acceptors (Lipinski definition) is 7. The molecular weight excluding hydrogens is 400 g/mol. The highest BCUT2D eigenvalue weighted by Crippen LogP contribution is 2.24. The maximum atomic E-state index is 12.5. The van der Waals surface area contributed by atoms with Gasteiger partial charge in [-0.3, -0.25) is 4.79 Å². The Kier molecular flexibility index (Phi) is 10.9. The van der Waals surface area contributed by atoms with E-state index in [9.17, 15) is 4.79 Å². The summed E-state index contributed by atoms with van der Waals surface area (Å²) in [4.78, 5) is 21.8. The molecule has 0 atom stereocenters. The number of rotatable bonds is 15. The fourth-order valence-electron chi connectivity index (χ4n) is 3.35. The van der Waals surface area contributed by atoms with Crippen LogP contribution in [0.1, 0.15) is 53.4 Å². The molecule has 2 N–H and O–H groups in total. The van der Waals surface area contributed by atoms with Gasteiger partial charge in [-0.25, -0.2) is 14.6 Å². The molecule has 0 saturated carbocycles. The third-order valence-electron chi connectivity index (χ3n) is 4.76. The van der Waals surface area contributed by atoms with E-state index in [-0.39, 0.29) is 11.8 Å². The van der Waals surface area contributed by atoms with Crippen molar-refractivity contribution in [1.29, 1.82) is 0 Å². The number of nitrogens with zero attached hydrogens (tertiary/aromatic N) is 4. The number of amides is 1. The van der Waals surface area contributed by atoms with Gasteiger partial charge in [-0.15, -0.1) is 0 Å². The number of hydrogen-bond donors (Lipinski definition) is 2. The first kappa shape index (κ1) is 24.4. The van der Waals surface area contributed by atoms with Crippen molar-refractivity contribution < 1.29 is 9.53 Å². The van der Waals surface area contributed by atoms with Crippen LogP contribution < -0.4 is 10.6 Å². The molecule has 0 aliphatic carbocycles. The summed E-state index contributed by atoms with van der Waals surface area (Å²) in [5.74, 6) is 1.91. The Morgan fingerprint density at radius 1 is 1.17 bits per heavy atom. The van der Waals surface area contributed by atoms with Gasteiger partial charge in [-0.1, -0.05) is 45.4 Å². The summed E-state index contributed by atoms with van der Waals surface area (Å²) in [6.07, 6.45) is 5.71. The van der Waals surface area contributed by atoms with Gasteiger partial charge in [0.25, 0.3) is 0 Å². The lowest BCUT2D eigenvalue weighted by atomic mass is 9.97. The second-order valence-electron chi connectivity index (χ2n) is 7.08. The maximum Gasteiger partial charge on any atom is 0.223 e. The average molecular weight is 437 g/mol. The van der Waals surface area contributed by atoms with Gasteiger partial charge in [0.1, 0.15) is 5.82 Å². The minimum Gasteiger partial charge on any atom is -0.380 e. The molecule has 0 saturated heterocycles. The molecule has 0 aromatic carbocycles. The van der Waals surface area contributed by atoms with Gasteiger partial charge in [0.2, 0.25) is 5.91 Å². The van der Waals surface area contributed by atoms with Gasteiger partial charge in [-0.05, 0) is 25.5 Å². The molecule has 0 bridgehead atoms. The molecule has 2 aromatic heterocycles. The van der Waals surface area contributed by atoms with Crippen LogP contribution >= 0.6 is 11.8 Å². The highest BCUT2D eigenvalue weighted by Gasteiger charge is 2.17.